The van der Waals surface area contributed by atoms with Crippen molar-refractivity contribution >= 4 is 22.6 Å². The van der Waals surface area contributed by atoms with Gasteiger partial charge in [-0.1, -0.05) is 29.8 Å². The predicted octanol–water partition coefficient (Wildman–Crippen LogP) is 3.60. The molecule has 0 aliphatic heterocycles. The number of allylic oxidation sites excluding steroid dienone is 1. The van der Waals surface area contributed by atoms with Crippen molar-refractivity contribution in [2.75, 3.05) is 6.54 Å². The lowest BCUT2D eigenvalue weighted by molar-refractivity contribution is 0.898. The van der Waals surface area contributed by atoms with Gasteiger partial charge in [0.1, 0.15) is 0 Å². The highest BCUT2D eigenvalue weighted by molar-refractivity contribution is 14.1. The molecule has 0 aromatic heterocycles. The second kappa shape index (κ2) is 6.28. The van der Waals surface area contributed by atoms with Crippen LogP contribution in [0.5, 0.6) is 0 Å². The summed E-state index contributed by atoms with van der Waals surface area (Å²) in [4.78, 5) is 0. The molecule has 82 valence electrons. The topological polar surface area (TPSA) is 26.0 Å². The Morgan fingerprint density at radius 2 is 1.87 bits per heavy atom. The number of hydrogen-bond acceptors (Lipinski definition) is 1. The van der Waals surface area contributed by atoms with Gasteiger partial charge in [-0.15, -0.1) is 0 Å². The molecular weight excluding hydrogens is 297 g/mol. The minimum absolute atomic E-state index is 0.681. The zero-order valence-corrected chi connectivity index (χ0v) is 11.5. The first kappa shape index (κ1) is 12.7. The second-order valence-electron chi connectivity index (χ2n) is 3.83. The van der Waals surface area contributed by atoms with E-state index in [1.165, 1.54) is 20.3 Å². The van der Waals surface area contributed by atoms with Crippen molar-refractivity contribution in [3.63, 3.8) is 0 Å². The molecule has 15 heavy (non-hydrogen) atoms. The summed E-state index contributed by atoms with van der Waals surface area (Å²) in [6.07, 6.45) is 2.17. The van der Waals surface area contributed by atoms with Gasteiger partial charge in [0.25, 0.3) is 0 Å². The van der Waals surface area contributed by atoms with E-state index >= 15 is 0 Å². The molecule has 1 rings (SSSR count). The largest absolute Gasteiger partial charge is 0.327 e. The van der Waals surface area contributed by atoms with E-state index in [1.54, 1.807) is 0 Å². The maximum atomic E-state index is 5.70. The van der Waals surface area contributed by atoms with Crippen LogP contribution in [0.4, 0.5) is 0 Å². The second-order valence-corrected chi connectivity index (χ2v) is 5.44. The summed E-state index contributed by atoms with van der Waals surface area (Å²) in [5.41, 5.74) is 9.78. The number of nitrogens with two attached hydrogens (primary N) is 1. The Morgan fingerprint density at radius 3 is 2.33 bits per heavy atom. The van der Waals surface area contributed by atoms with E-state index in [1.807, 2.05) is 0 Å². The fraction of sp³-hybridized carbons (Fsp3) is 0.385. The molecule has 0 aliphatic carbocycles. The molecule has 2 heteroatoms. The Morgan fingerprint density at radius 1 is 1.27 bits per heavy atom. The summed E-state index contributed by atoms with van der Waals surface area (Å²) in [5.74, 6) is 0. The van der Waals surface area contributed by atoms with Crippen molar-refractivity contribution in [3.05, 3.63) is 44.5 Å². The molecule has 0 saturated carbocycles. The van der Waals surface area contributed by atoms with Crippen LogP contribution in [-0.2, 0) is 6.42 Å². The SMILES string of the molecule is C/C(I)=C(/CN)CCc1ccc(C)cc1. The van der Waals surface area contributed by atoms with Crippen LogP contribution in [-0.4, -0.2) is 6.54 Å². The lowest BCUT2D eigenvalue weighted by atomic mass is 10.0. The molecule has 1 aromatic rings. The normalized spacial score (nSPS) is 12.5. The first-order valence-electron chi connectivity index (χ1n) is 5.23. The molecular formula is C13H18IN. The van der Waals surface area contributed by atoms with Crippen LogP contribution in [0.3, 0.4) is 0 Å². The van der Waals surface area contributed by atoms with Gasteiger partial charge < -0.3 is 5.73 Å². The molecule has 0 aliphatic rings. The van der Waals surface area contributed by atoms with Gasteiger partial charge in [-0.05, 0) is 64.0 Å². The highest BCUT2D eigenvalue weighted by Gasteiger charge is 1.99. The first-order chi connectivity index (χ1) is 7.13. The minimum atomic E-state index is 0.681. The van der Waals surface area contributed by atoms with Gasteiger partial charge in [-0.2, -0.15) is 0 Å². The average molecular weight is 315 g/mol. The van der Waals surface area contributed by atoms with Crippen molar-refractivity contribution < 1.29 is 0 Å². The predicted molar refractivity (Wildman–Crippen MR) is 75.3 cm³/mol. The molecule has 1 aromatic carbocycles. The molecule has 0 unspecified atom stereocenters. The zero-order valence-electron chi connectivity index (χ0n) is 9.39. The van der Waals surface area contributed by atoms with Gasteiger partial charge in [0.15, 0.2) is 0 Å². The average Bonchev–Trinajstić information content (AvgIpc) is 2.21. The van der Waals surface area contributed by atoms with Crippen LogP contribution < -0.4 is 5.73 Å². The summed E-state index contributed by atoms with van der Waals surface area (Å²) >= 11 is 2.35. The Balaban J connectivity index is 2.57. The lowest BCUT2D eigenvalue weighted by Gasteiger charge is -2.06. The van der Waals surface area contributed by atoms with Crippen LogP contribution in [0.2, 0.25) is 0 Å². The first-order valence-corrected chi connectivity index (χ1v) is 6.31. The van der Waals surface area contributed by atoms with E-state index in [0.717, 1.165) is 12.8 Å². The van der Waals surface area contributed by atoms with Crippen LogP contribution in [0.25, 0.3) is 0 Å². The van der Waals surface area contributed by atoms with Crippen molar-refractivity contribution in [2.24, 2.45) is 5.73 Å². The van der Waals surface area contributed by atoms with E-state index in [9.17, 15) is 0 Å². The van der Waals surface area contributed by atoms with Gasteiger partial charge in [-0.3, -0.25) is 0 Å². The monoisotopic (exact) mass is 315 g/mol. The third-order valence-corrected chi connectivity index (χ3v) is 3.33. The van der Waals surface area contributed by atoms with Crippen LogP contribution >= 0.6 is 22.6 Å². The van der Waals surface area contributed by atoms with E-state index in [4.69, 9.17) is 5.73 Å². The van der Waals surface area contributed by atoms with Crippen molar-refractivity contribution in [2.45, 2.75) is 26.7 Å². The van der Waals surface area contributed by atoms with Gasteiger partial charge in [0, 0.05) is 6.54 Å². The fourth-order valence-electron chi connectivity index (χ4n) is 1.46. The molecule has 0 fully saturated rings. The highest BCUT2D eigenvalue weighted by atomic mass is 127. The minimum Gasteiger partial charge on any atom is -0.327 e. The maximum Gasteiger partial charge on any atom is 0.0147 e. The molecule has 1 nitrogen and oxygen atoms in total. The molecule has 0 bridgehead atoms. The highest BCUT2D eigenvalue weighted by Crippen LogP contribution is 2.16. The summed E-state index contributed by atoms with van der Waals surface area (Å²) in [7, 11) is 0. The Kier molecular flexibility index (Phi) is 5.32. The van der Waals surface area contributed by atoms with E-state index in [2.05, 4.69) is 60.7 Å². The van der Waals surface area contributed by atoms with Crippen LogP contribution in [0.1, 0.15) is 24.5 Å². The van der Waals surface area contributed by atoms with E-state index < -0.39 is 0 Å². The zero-order chi connectivity index (χ0) is 11.3. The molecule has 0 atom stereocenters. The molecule has 0 radical (unpaired) electrons. The molecule has 0 spiro atoms. The Hall–Kier alpha value is -0.350. The van der Waals surface area contributed by atoms with Crippen molar-refractivity contribution in [1.29, 1.82) is 0 Å². The van der Waals surface area contributed by atoms with Gasteiger partial charge in [-0.25, -0.2) is 0 Å². The summed E-state index contributed by atoms with van der Waals surface area (Å²) in [6, 6.07) is 8.73. The third kappa shape index (κ3) is 4.34. The number of hydrogen-bond donors (Lipinski definition) is 1. The molecule has 0 heterocycles. The Labute approximate surface area is 106 Å². The Bertz CT molecular complexity index is 334. The maximum absolute atomic E-state index is 5.70. The fourth-order valence-corrected chi connectivity index (χ4v) is 1.95. The van der Waals surface area contributed by atoms with Crippen molar-refractivity contribution in [3.8, 4) is 0 Å². The molecule has 0 saturated heterocycles. The quantitative estimate of drug-likeness (QED) is 0.844. The number of aryl methyl sites for hydroxylation is 2. The standard InChI is InChI=1S/C13H18IN/c1-10-3-5-12(6-4-10)7-8-13(9-15)11(2)14/h3-6H,7-9,15H2,1-2H3/b13-11-. The van der Waals surface area contributed by atoms with Crippen molar-refractivity contribution in [1.82, 2.24) is 0 Å². The summed E-state index contributed by atoms with van der Waals surface area (Å²) in [5, 5.41) is 0. The molecule has 2 N–H and O–H groups in total. The molecule has 0 amide bonds. The van der Waals surface area contributed by atoms with Gasteiger partial charge in [0.05, 0.1) is 0 Å². The van der Waals surface area contributed by atoms with E-state index in [-0.39, 0.29) is 0 Å². The number of rotatable bonds is 4. The van der Waals surface area contributed by atoms with Crippen LogP contribution in [0.15, 0.2) is 33.4 Å². The van der Waals surface area contributed by atoms with E-state index in [0.29, 0.717) is 6.54 Å². The summed E-state index contributed by atoms with van der Waals surface area (Å²) < 4.78 is 1.34. The third-order valence-electron chi connectivity index (χ3n) is 2.57. The number of halogens is 1. The van der Waals surface area contributed by atoms with Crippen LogP contribution in [0, 0.1) is 6.92 Å². The van der Waals surface area contributed by atoms with Gasteiger partial charge >= 0.3 is 0 Å². The summed E-state index contributed by atoms with van der Waals surface area (Å²) in [6.45, 7) is 4.92. The number of benzene rings is 1. The lowest BCUT2D eigenvalue weighted by Crippen LogP contribution is -2.05. The van der Waals surface area contributed by atoms with Gasteiger partial charge in [0.2, 0.25) is 0 Å². The smallest absolute Gasteiger partial charge is 0.0147 e.